The predicted octanol–water partition coefficient (Wildman–Crippen LogP) is 0.888. The number of aryl methyl sites for hydroxylation is 1. The van der Waals surface area contributed by atoms with Gasteiger partial charge in [-0.3, -0.25) is 10.00 Å². The van der Waals surface area contributed by atoms with Crippen molar-refractivity contribution in [2.75, 3.05) is 20.3 Å². The van der Waals surface area contributed by atoms with Crippen molar-refractivity contribution < 1.29 is 14.9 Å². The highest BCUT2D eigenvalue weighted by atomic mass is 16.5. The number of hydrogen-bond acceptors (Lipinski definition) is 6. The van der Waals surface area contributed by atoms with Gasteiger partial charge in [0, 0.05) is 32.4 Å². The molecule has 1 saturated heterocycles. The lowest BCUT2D eigenvalue weighted by Crippen LogP contribution is -2.48. The van der Waals surface area contributed by atoms with Gasteiger partial charge in [0.05, 0.1) is 24.4 Å². The van der Waals surface area contributed by atoms with Crippen LogP contribution >= 0.6 is 0 Å². The molecule has 3 rings (SSSR count). The van der Waals surface area contributed by atoms with Crippen LogP contribution in [0.1, 0.15) is 24.9 Å². The van der Waals surface area contributed by atoms with E-state index in [9.17, 15) is 10.2 Å². The Hall–Kier alpha value is -1.77. The summed E-state index contributed by atoms with van der Waals surface area (Å²) < 4.78 is 7.50. The largest absolute Gasteiger partial charge is 0.394 e. The lowest BCUT2D eigenvalue weighted by Gasteiger charge is -2.28. The van der Waals surface area contributed by atoms with Gasteiger partial charge in [0.25, 0.3) is 0 Å². The number of nitrogens with one attached hydrogen (secondary N) is 2. The van der Waals surface area contributed by atoms with Gasteiger partial charge >= 0.3 is 0 Å². The molecule has 0 aliphatic carbocycles. The van der Waals surface area contributed by atoms with E-state index in [0.717, 1.165) is 23.4 Å². The van der Waals surface area contributed by atoms with Crippen molar-refractivity contribution in [3.63, 3.8) is 0 Å². The third kappa shape index (κ3) is 4.13. The van der Waals surface area contributed by atoms with Gasteiger partial charge in [0.2, 0.25) is 0 Å². The first kappa shape index (κ1) is 19.0. The van der Waals surface area contributed by atoms with E-state index in [-0.39, 0.29) is 31.0 Å². The number of β-amino-alcohol motifs (C(OH)–C–C–N with tert-alkyl or cyclic N) is 1. The number of methoxy groups -OCH3 is 1. The third-order valence-electron chi connectivity index (χ3n) is 4.93. The molecule has 0 amide bonds. The SMILES string of the molecule is CCn1nccc1-c1ccc([C@H](CO)NC(OC)[C@@H]2C[C@@H](O)CN2)cc1. The number of rotatable bonds is 8. The smallest absolute Gasteiger partial charge is 0.123 e. The van der Waals surface area contributed by atoms with E-state index in [1.807, 2.05) is 35.0 Å². The van der Waals surface area contributed by atoms with Crippen LogP contribution in [0.5, 0.6) is 0 Å². The molecular weight excluding hydrogens is 332 g/mol. The summed E-state index contributed by atoms with van der Waals surface area (Å²) in [7, 11) is 1.63. The fourth-order valence-electron chi connectivity index (χ4n) is 3.49. The van der Waals surface area contributed by atoms with E-state index in [1.54, 1.807) is 13.3 Å². The Labute approximate surface area is 154 Å². The molecule has 1 aromatic carbocycles. The van der Waals surface area contributed by atoms with E-state index >= 15 is 0 Å². The van der Waals surface area contributed by atoms with Gasteiger partial charge < -0.3 is 20.3 Å². The summed E-state index contributed by atoms with van der Waals surface area (Å²) in [5.74, 6) is 0. The third-order valence-corrected chi connectivity index (χ3v) is 4.93. The fourth-order valence-corrected chi connectivity index (χ4v) is 3.49. The molecule has 4 atom stereocenters. The lowest BCUT2D eigenvalue weighted by atomic mass is 10.0. The number of hydrogen-bond donors (Lipinski definition) is 4. The second kappa shape index (κ2) is 8.75. The second-order valence-corrected chi connectivity index (χ2v) is 6.62. The molecule has 1 unspecified atom stereocenters. The Morgan fingerprint density at radius 3 is 2.69 bits per heavy atom. The quantitative estimate of drug-likeness (QED) is 0.523. The minimum Gasteiger partial charge on any atom is -0.394 e. The molecule has 1 fully saturated rings. The van der Waals surface area contributed by atoms with Gasteiger partial charge in [0.1, 0.15) is 6.23 Å². The molecule has 7 nitrogen and oxygen atoms in total. The van der Waals surface area contributed by atoms with Gasteiger partial charge in [-0.1, -0.05) is 24.3 Å². The first-order chi connectivity index (χ1) is 12.7. The standard InChI is InChI=1S/C19H28N4O3/c1-3-23-18(8-9-21-23)14-6-4-13(5-7-14)17(12-24)22-19(26-2)16-10-15(25)11-20-16/h4-9,15-17,19-20,22,24-25H,3,10-12H2,1-2H3/t15-,16+,17+,19?/m1/s1. The monoisotopic (exact) mass is 360 g/mol. The molecule has 1 aromatic heterocycles. The Kier molecular flexibility index (Phi) is 6.39. The van der Waals surface area contributed by atoms with Crippen molar-refractivity contribution in [2.45, 2.75) is 44.3 Å². The number of ether oxygens (including phenoxy) is 1. The van der Waals surface area contributed by atoms with Crippen LogP contribution in [0.15, 0.2) is 36.5 Å². The van der Waals surface area contributed by atoms with Crippen LogP contribution in [0, 0.1) is 0 Å². The Bertz CT molecular complexity index is 688. The zero-order valence-corrected chi connectivity index (χ0v) is 15.3. The summed E-state index contributed by atoms with van der Waals surface area (Å²) in [5, 5.41) is 30.5. The Balaban J connectivity index is 1.71. The highest BCUT2D eigenvalue weighted by Gasteiger charge is 2.31. The van der Waals surface area contributed by atoms with Crippen molar-refractivity contribution in [1.82, 2.24) is 20.4 Å². The van der Waals surface area contributed by atoms with Crippen LogP contribution in [0.4, 0.5) is 0 Å². The minimum absolute atomic E-state index is 0.0160. The summed E-state index contributed by atoms with van der Waals surface area (Å²) in [6.07, 6.45) is 1.79. The normalized spacial score (nSPS) is 22.5. The molecule has 26 heavy (non-hydrogen) atoms. The summed E-state index contributed by atoms with van der Waals surface area (Å²) in [4.78, 5) is 0. The average molecular weight is 360 g/mol. The fraction of sp³-hybridized carbons (Fsp3) is 0.526. The number of aliphatic hydroxyl groups is 2. The number of benzene rings is 1. The van der Waals surface area contributed by atoms with E-state index in [1.165, 1.54) is 0 Å². The van der Waals surface area contributed by atoms with E-state index < -0.39 is 0 Å². The van der Waals surface area contributed by atoms with Crippen LogP contribution in [-0.4, -0.2) is 58.6 Å². The minimum atomic E-state index is -0.352. The lowest BCUT2D eigenvalue weighted by molar-refractivity contribution is 0.0264. The van der Waals surface area contributed by atoms with Crippen molar-refractivity contribution in [3.05, 3.63) is 42.1 Å². The van der Waals surface area contributed by atoms with Crippen molar-refractivity contribution >= 4 is 0 Å². The summed E-state index contributed by atoms with van der Waals surface area (Å²) >= 11 is 0. The first-order valence-corrected chi connectivity index (χ1v) is 9.09. The Morgan fingerprint density at radius 1 is 1.35 bits per heavy atom. The maximum Gasteiger partial charge on any atom is 0.123 e. The molecule has 0 bridgehead atoms. The molecule has 1 aliphatic rings. The molecule has 0 saturated carbocycles. The van der Waals surface area contributed by atoms with Gasteiger partial charge in [-0.25, -0.2) is 0 Å². The van der Waals surface area contributed by atoms with Crippen molar-refractivity contribution in [2.24, 2.45) is 0 Å². The van der Waals surface area contributed by atoms with E-state index in [2.05, 4.69) is 22.7 Å². The number of nitrogens with zero attached hydrogens (tertiary/aromatic N) is 2. The molecule has 0 radical (unpaired) electrons. The maximum absolute atomic E-state index is 9.85. The van der Waals surface area contributed by atoms with E-state index in [0.29, 0.717) is 13.0 Å². The Morgan fingerprint density at radius 2 is 2.12 bits per heavy atom. The van der Waals surface area contributed by atoms with Crippen molar-refractivity contribution in [1.29, 1.82) is 0 Å². The predicted molar refractivity (Wildman–Crippen MR) is 99.5 cm³/mol. The average Bonchev–Trinajstić information content (AvgIpc) is 3.32. The number of aromatic nitrogens is 2. The molecule has 4 N–H and O–H groups in total. The number of aliphatic hydroxyl groups excluding tert-OH is 2. The van der Waals surface area contributed by atoms with Crippen LogP contribution in [0.3, 0.4) is 0 Å². The van der Waals surface area contributed by atoms with Crippen LogP contribution < -0.4 is 10.6 Å². The van der Waals surface area contributed by atoms with Gasteiger partial charge in [0.15, 0.2) is 0 Å². The van der Waals surface area contributed by atoms with Crippen LogP contribution in [-0.2, 0) is 11.3 Å². The molecular formula is C19H28N4O3. The maximum atomic E-state index is 9.85. The topological polar surface area (TPSA) is 91.6 Å². The summed E-state index contributed by atoms with van der Waals surface area (Å²) in [5.41, 5.74) is 3.15. The van der Waals surface area contributed by atoms with Crippen LogP contribution in [0.25, 0.3) is 11.3 Å². The molecule has 2 heterocycles. The molecule has 7 heteroatoms. The first-order valence-electron chi connectivity index (χ1n) is 9.09. The highest BCUT2D eigenvalue weighted by molar-refractivity contribution is 5.59. The zero-order chi connectivity index (χ0) is 18.5. The van der Waals surface area contributed by atoms with E-state index in [4.69, 9.17) is 4.74 Å². The summed E-state index contributed by atoms with van der Waals surface area (Å²) in [6, 6.07) is 9.88. The van der Waals surface area contributed by atoms with Crippen molar-refractivity contribution in [3.8, 4) is 11.3 Å². The van der Waals surface area contributed by atoms with Gasteiger partial charge in [-0.15, -0.1) is 0 Å². The molecule has 1 aliphatic heterocycles. The second-order valence-electron chi connectivity index (χ2n) is 6.62. The highest BCUT2D eigenvalue weighted by Crippen LogP contribution is 2.23. The molecule has 142 valence electrons. The van der Waals surface area contributed by atoms with Gasteiger partial charge in [-0.2, -0.15) is 5.10 Å². The molecule has 0 spiro atoms. The molecule has 2 aromatic rings. The van der Waals surface area contributed by atoms with Gasteiger partial charge in [-0.05, 0) is 30.5 Å². The van der Waals surface area contributed by atoms with Crippen LogP contribution in [0.2, 0.25) is 0 Å². The zero-order valence-electron chi connectivity index (χ0n) is 15.3. The summed E-state index contributed by atoms with van der Waals surface area (Å²) in [6.45, 7) is 3.41.